The van der Waals surface area contributed by atoms with Gasteiger partial charge < -0.3 is 15.7 Å². The quantitative estimate of drug-likeness (QED) is 0.833. The molecule has 0 saturated carbocycles. The lowest BCUT2D eigenvalue weighted by atomic mass is 9.96. The van der Waals surface area contributed by atoms with Crippen molar-refractivity contribution >= 4 is 33.1 Å². The second-order valence-electron chi connectivity index (χ2n) is 5.82. The Kier molecular flexibility index (Phi) is 3.41. The number of aliphatic hydroxyl groups is 1. The van der Waals surface area contributed by atoms with Crippen molar-refractivity contribution in [2.45, 2.75) is 26.4 Å². The Hall–Kier alpha value is -1.60. The van der Waals surface area contributed by atoms with Crippen molar-refractivity contribution in [2.24, 2.45) is 13.0 Å². The SMILES string of the molecule is Cc1nn(C)c2sc(C(=O)N3CCC(O)C(C)C3)c(N)c12. The maximum Gasteiger partial charge on any atom is 0.266 e. The molecule has 6 nitrogen and oxygen atoms in total. The van der Waals surface area contributed by atoms with Crippen LogP contribution in [-0.4, -0.2) is 44.9 Å². The van der Waals surface area contributed by atoms with Gasteiger partial charge in [-0.05, 0) is 19.3 Å². The summed E-state index contributed by atoms with van der Waals surface area (Å²) in [4.78, 5) is 16.0. The number of nitrogen functional groups attached to an aromatic ring is 1. The Morgan fingerprint density at radius 1 is 1.52 bits per heavy atom. The lowest BCUT2D eigenvalue weighted by Crippen LogP contribution is -2.44. The highest BCUT2D eigenvalue weighted by Crippen LogP contribution is 2.36. The van der Waals surface area contributed by atoms with Gasteiger partial charge in [-0.25, -0.2) is 0 Å². The number of aromatic nitrogens is 2. The summed E-state index contributed by atoms with van der Waals surface area (Å²) < 4.78 is 1.77. The lowest BCUT2D eigenvalue weighted by Gasteiger charge is -2.34. The van der Waals surface area contributed by atoms with Gasteiger partial charge in [-0.1, -0.05) is 6.92 Å². The predicted molar refractivity (Wildman–Crippen MR) is 83.4 cm³/mol. The van der Waals surface area contributed by atoms with Crippen LogP contribution in [-0.2, 0) is 7.05 Å². The summed E-state index contributed by atoms with van der Waals surface area (Å²) in [5.74, 6) is 0.0635. The zero-order valence-corrected chi connectivity index (χ0v) is 13.3. The summed E-state index contributed by atoms with van der Waals surface area (Å²) in [5.41, 5.74) is 7.56. The minimum Gasteiger partial charge on any atom is -0.397 e. The number of carbonyl (C=O) groups excluding carboxylic acids is 1. The number of likely N-dealkylation sites (tertiary alicyclic amines) is 1. The molecular formula is C14H20N4O2S. The molecule has 3 heterocycles. The zero-order valence-electron chi connectivity index (χ0n) is 12.5. The molecule has 0 aromatic carbocycles. The first-order chi connectivity index (χ1) is 9.90. The molecule has 1 amide bonds. The van der Waals surface area contributed by atoms with E-state index in [0.717, 1.165) is 15.9 Å². The van der Waals surface area contributed by atoms with Gasteiger partial charge in [-0.15, -0.1) is 11.3 Å². The molecule has 21 heavy (non-hydrogen) atoms. The van der Waals surface area contributed by atoms with Gasteiger partial charge in [0.2, 0.25) is 0 Å². The summed E-state index contributed by atoms with van der Waals surface area (Å²) in [5, 5.41) is 15.0. The fourth-order valence-corrected chi connectivity index (χ4v) is 4.10. The Morgan fingerprint density at radius 2 is 2.24 bits per heavy atom. The van der Waals surface area contributed by atoms with Crippen LogP contribution in [0.15, 0.2) is 0 Å². The van der Waals surface area contributed by atoms with Crippen molar-refractivity contribution in [3.63, 3.8) is 0 Å². The Morgan fingerprint density at radius 3 is 2.86 bits per heavy atom. The first kappa shape index (κ1) is 14.3. The molecule has 114 valence electrons. The van der Waals surface area contributed by atoms with E-state index in [2.05, 4.69) is 5.10 Å². The summed E-state index contributed by atoms with van der Waals surface area (Å²) in [6.07, 6.45) is 0.304. The number of fused-ring (bicyclic) bond motifs is 1. The van der Waals surface area contributed by atoms with Gasteiger partial charge in [-0.3, -0.25) is 9.48 Å². The van der Waals surface area contributed by atoms with Gasteiger partial charge in [0.05, 0.1) is 22.9 Å². The van der Waals surface area contributed by atoms with E-state index in [9.17, 15) is 9.90 Å². The van der Waals surface area contributed by atoms with Crippen molar-refractivity contribution in [1.82, 2.24) is 14.7 Å². The first-order valence-electron chi connectivity index (χ1n) is 7.09. The average molecular weight is 308 g/mol. The predicted octanol–water partition coefficient (Wildman–Crippen LogP) is 1.37. The third-order valence-electron chi connectivity index (χ3n) is 4.22. The normalized spacial score (nSPS) is 23.0. The summed E-state index contributed by atoms with van der Waals surface area (Å²) in [7, 11) is 1.86. The maximum atomic E-state index is 12.7. The molecule has 0 bridgehead atoms. The van der Waals surface area contributed by atoms with Gasteiger partial charge in [0.15, 0.2) is 0 Å². The maximum absolute atomic E-state index is 12.7. The minimum absolute atomic E-state index is 0.0353. The summed E-state index contributed by atoms with van der Waals surface area (Å²) in [6.45, 7) is 5.02. The van der Waals surface area contributed by atoms with Crippen LogP contribution in [0.4, 0.5) is 5.69 Å². The number of aryl methyl sites for hydroxylation is 2. The largest absolute Gasteiger partial charge is 0.397 e. The molecule has 1 aliphatic rings. The van der Waals surface area contributed by atoms with Crippen LogP contribution in [0, 0.1) is 12.8 Å². The van der Waals surface area contributed by atoms with E-state index in [-0.39, 0.29) is 17.9 Å². The standard InChI is InChI=1S/C14H20N4O2S/c1-7-6-18(5-4-9(7)19)13(20)12-11(15)10-8(2)16-17(3)14(10)21-12/h7,9,19H,4-6,15H2,1-3H3. The number of thiophene rings is 1. The van der Waals surface area contributed by atoms with Crippen LogP contribution in [0.25, 0.3) is 10.2 Å². The third kappa shape index (κ3) is 2.20. The van der Waals surface area contributed by atoms with E-state index < -0.39 is 0 Å². The first-order valence-corrected chi connectivity index (χ1v) is 7.90. The number of hydrogen-bond donors (Lipinski definition) is 2. The van der Waals surface area contributed by atoms with E-state index in [1.54, 1.807) is 9.58 Å². The second-order valence-corrected chi connectivity index (χ2v) is 6.82. The molecular weight excluding hydrogens is 288 g/mol. The Balaban J connectivity index is 1.95. The summed E-state index contributed by atoms with van der Waals surface area (Å²) >= 11 is 1.40. The molecule has 7 heteroatoms. The molecule has 1 saturated heterocycles. The monoisotopic (exact) mass is 308 g/mol. The number of hydrogen-bond acceptors (Lipinski definition) is 5. The number of nitrogens with two attached hydrogens (primary N) is 1. The highest BCUT2D eigenvalue weighted by Gasteiger charge is 2.30. The van der Waals surface area contributed by atoms with Crippen molar-refractivity contribution < 1.29 is 9.90 Å². The highest BCUT2D eigenvalue weighted by atomic mass is 32.1. The molecule has 0 radical (unpaired) electrons. The zero-order chi connectivity index (χ0) is 15.3. The van der Waals surface area contributed by atoms with E-state index in [4.69, 9.17) is 5.73 Å². The van der Waals surface area contributed by atoms with Crippen LogP contribution >= 0.6 is 11.3 Å². The molecule has 2 atom stereocenters. The lowest BCUT2D eigenvalue weighted by molar-refractivity contribution is 0.0301. The Bertz CT molecular complexity index is 705. The fraction of sp³-hybridized carbons (Fsp3) is 0.571. The smallest absolute Gasteiger partial charge is 0.266 e. The number of piperidine rings is 1. The van der Waals surface area contributed by atoms with Crippen LogP contribution in [0.3, 0.4) is 0 Å². The molecule has 3 rings (SSSR count). The van der Waals surface area contributed by atoms with Crippen molar-refractivity contribution in [3.8, 4) is 0 Å². The molecule has 1 aliphatic heterocycles. The molecule has 0 aliphatic carbocycles. The number of amides is 1. The van der Waals surface area contributed by atoms with E-state index in [1.807, 2.05) is 20.9 Å². The summed E-state index contributed by atoms with van der Waals surface area (Å²) in [6, 6.07) is 0. The van der Waals surface area contributed by atoms with Crippen LogP contribution in [0.5, 0.6) is 0 Å². The van der Waals surface area contributed by atoms with E-state index in [0.29, 0.717) is 30.1 Å². The highest BCUT2D eigenvalue weighted by molar-refractivity contribution is 7.21. The topological polar surface area (TPSA) is 84.4 Å². The molecule has 2 unspecified atom stereocenters. The molecule has 3 N–H and O–H groups in total. The van der Waals surface area contributed by atoms with Crippen LogP contribution < -0.4 is 5.73 Å². The van der Waals surface area contributed by atoms with E-state index in [1.165, 1.54) is 11.3 Å². The van der Waals surface area contributed by atoms with Crippen molar-refractivity contribution in [1.29, 1.82) is 0 Å². The van der Waals surface area contributed by atoms with Gasteiger partial charge in [0.1, 0.15) is 9.71 Å². The molecule has 1 fully saturated rings. The average Bonchev–Trinajstić information content (AvgIpc) is 2.92. The van der Waals surface area contributed by atoms with Crippen molar-refractivity contribution in [3.05, 3.63) is 10.6 Å². The number of carbonyl (C=O) groups is 1. The number of rotatable bonds is 1. The third-order valence-corrected chi connectivity index (χ3v) is 5.48. The Labute approximate surface area is 127 Å². The van der Waals surface area contributed by atoms with Crippen LogP contribution in [0.2, 0.25) is 0 Å². The molecule has 0 spiro atoms. The fourth-order valence-electron chi connectivity index (χ4n) is 2.95. The van der Waals surface area contributed by atoms with Gasteiger partial charge >= 0.3 is 0 Å². The molecule has 2 aromatic rings. The van der Waals surface area contributed by atoms with E-state index >= 15 is 0 Å². The minimum atomic E-state index is -0.319. The van der Waals surface area contributed by atoms with Crippen molar-refractivity contribution in [2.75, 3.05) is 18.8 Å². The number of aliphatic hydroxyl groups excluding tert-OH is 1. The number of anilines is 1. The van der Waals surface area contributed by atoms with Crippen LogP contribution in [0.1, 0.15) is 28.7 Å². The van der Waals surface area contributed by atoms with Gasteiger partial charge in [0.25, 0.3) is 5.91 Å². The van der Waals surface area contributed by atoms with Gasteiger partial charge in [0, 0.05) is 20.1 Å². The molecule has 2 aromatic heterocycles. The van der Waals surface area contributed by atoms with Gasteiger partial charge in [-0.2, -0.15) is 5.10 Å². The second kappa shape index (κ2) is 4.99. The number of nitrogens with zero attached hydrogens (tertiary/aromatic N) is 3.